The van der Waals surface area contributed by atoms with E-state index in [1.165, 1.54) is 24.3 Å². The zero-order valence-corrected chi connectivity index (χ0v) is 9.04. The Morgan fingerprint density at radius 1 is 1.55 bits per heavy atom. The second-order valence-corrected chi connectivity index (χ2v) is 4.28. The van der Waals surface area contributed by atoms with E-state index < -0.39 is 0 Å². The summed E-state index contributed by atoms with van der Waals surface area (Å²) >= 11 is 5.08. The Labute approximate surface area is 80.0 Å². The van der Waals surface area contributed by atoms with Gasteiger partial charge in [-0.2, -0.15) is 0 Å². The normalized spacial score (nSPS) is 10.4. The third kappa shape index (κ3) is 3.34. The highest BCUT2D eigenvalue weighted by Crippen LogP contribution is 2.16. The van der Waals surface area contributed by atoms with Crippen molar-refractivity contribution in [3.63, 3.8) is 0 Å². The van der Waals surface area contributed by atoms with Crippen LogP contribution in [0.1, 0.15) is 31.2 Å². The zero-order chi connectivity index (χ0) is 8.10. The first-order valence-electron chi connectivity index (χ1n) is 3.93. The molecule has 1 aromatic heterocycles. The van der Waals surface area contributed by atoms with Crippen molar-refractivity contribution in [1.29, 1.82) is 0 Å². The Morgan fingerprint density at radius 3 is 2.91 bits per heavy atom. The summed E-state index contributed by atoms with van der Waals surface area (Å²) in [5, 5.41) is 3.30. The van der Waals surface area contributed by atoms with Crippen LogP contribution in [0.25, 0.3) is 0 Å². The van der Waals surface area contributed by atoms with E-state index in [0.717, 1.165) is 11.0 Å². The molecule has 1 heterocycles. The van der Waals surface area contributed by atoms with Crippen LogP contribution in [0.3, 0.4) is 0 Å². The molecule has 0 spiro atoms. The molecule has 0 N–H and O–H groups in total. The van der Waals surface area contributed by atoms with Gasteiger partial charge in [0.1, 0.15) is 4.60 Å². The van der Waals surface area contributed by atoms with Crippen LogP contribution in [0.2, 0.25) is 0 Å². The lowest BCUT2D eigenvalue weighted by atomic mass is 10.2. The second-order valence-electron chi connectivity index (χ2n) is 2.52. The summed E-state index contributed by atoms with van der Waals surface area (Å²) in [6.07, 6.45) is 5.02. The van der Waals surface area contributed by atoms with Crippen molar-refractivity contribution in [2.24, 2.45) is 0 Å². The highest BCUT2D eigenvalue weighted by molar-refractivity contribution is 9.10. The summed E-state index contributed by atoms with van der Waals surface area (Å²) in [7, 11) is 0. The van der Waals surface area contributed by atoms with Crippen LogP contribution in [-0.4, -0.2) is 4.98 Å². The van der Waals surface area contributed by atoms with Crippen LogP contribution in [0, 0.1) is 0 Å². The third-order valence-corrected chi connectivity index (χ3v) is 3.14. The van der Waals surface area contributed by atoms with Crippen molar-refractivity contribution in [3.05, 3.63) is 15.0 Å². The topological polar surface area (TPSA) is 12.9 Å². The number of thiazole rings is 1. The number of halogens is 1. The molecule has 0 aliphatic carbocycles. The lowest BCUT2D eigenvalue weighted by Gasteiger charge is -1.92. The predicted molar refractivity (Wildman–Crippen MR) is 53.0 cm³/mol. The largest absolute Gasteiger partial charge is 0.234 e. The fourth-order valence-corrected chi connectivity index (χ4v) is 2.24. The highest BCUT2D eigenvalue weighted by Gasteiger charge is 1.97. The van der Waals surface area contributed by atoms with Crippen LogP contribution in [0.5, 0.6) is 0 Å². The molecule has 0 aromatic carbocycles. The maximum absolute atomic E-state index is 4.32. The lowest BCUT2D eigenvalue weighted by molar-refractivity contribution is 0.714. The van der Waals surface area contributed by atoms with E-state index in [9.17, 15) is 0 Å². The molecular weight excluding hydrogens is 222 g/mol. The van der Waals surface area contributed by atoms with Gasteiger partial charge in [-0.1, -0.05) is 19.8 Å². The highest BCUT2D eigenvalue weighted by atomic mass is 79.9. The maximum Gasteiger partial charge on any atom is 0.117 e. The van der Waals surface area contributed by atoms with Gasteiger partial charge in [0.25, 0.3) is 0 Å². The fourth-order valence-electron chi connectivity index (χ4n) is 0.930. The van der Waals surface area contributed by atoms with Crippen molar-refractivity contribution < 1.29 is 0 Å². The first-order valence-corrected chi connectivity index (χ1v) is 5.60. The van der Waals surface area contributed by atoms with E-state index in [2.05, 4.69) is 27.8 Å². The molecule has 0 saturated heterocycles. The van der Waals surface area contributed by atoms with Crippen molar-refractivity contribution >= 4 is 27.3 Å². The summed E-state index contributed by atoms with van der Waals surface area (Å²) in [4.78, 5) is 4.32. The summed E-state index contributed by atoms with van der Waals surface area (Å²) in [6, 6.07) is 0. The fraction of sp³-hybridized carbons (Fsp3) is 0.625. The van der Waals surface area contributed by atoms with Crippen LogP contribution in [0.4, 0.5) is 0 Å². The Hall–Kier alpha value is 0.110. The quantitative estimate of drug-likeness (QED) is 0.725. The molecule has 0 amide bonds. The number of rotatable bonds is 4. The molecule has 1 nitrogen and oxygen atoms in total. The number of nitrogens with zero attached hydrogens (tertiary/aromatic N) is 1. The van der Waals surface area contributed by atoms with Gasteiger partial charge in [0.2, 0.25) is 0 Å². The first-order chi connectivity index (χ1) is 5.33. The molecule has 0 radical (unpaired) electrons. The predicted octanol–water partition coefficient (Wildman–Crippen LogP) is 3.64. The number of aryl methyl sites for hydroxylation is 1. The van der Waals surface area contributed by atoms with Crippen LogP contribution >= 0.6 is 27.3 Å². The molecule has 0 fully saturated rings. The van der Waals surface area contributed by atoms with Gasteiger partial charge in [-0.25, -0.2) is 4.98 Å². The van der Waals surface area contributed by atoms with Crippen LogP contribution in [-0.2, 0) is 6.42 Å². The van der Waals surface area contributed by atoms with Crippen LogP contribution < -0.4 is 0 Å². The number of aromatic nitrogens is 1. The molecule has 0 unspecified atom stereocenters. The van der Waals surface area contributed by atoms with Gasteiger partial charge >= 0.3 is 0 Å². The SMILES string of the molecule is CCCCCc1nc(Br)cs1. The maximum atomic E-state index is 4.32. The minimum atomic E-state index is 0.981. The Kier molecular flexibility index (Phi) is 4.08. The third-order valence-electron chi connectivity index (χ3n) is 1.52. The van der Waals surface area contributed by atoms with Gasteiger partial charge in [-0.05, 0) is 28.8 Å². The van der Waals surface area contributed by atoms with E-state index in [-0.39, 0.29) is 0 Å². The molecule has 0 bridgehead atoms. The Bertz CT molecular complexity index is 210. The average Bonchev–Trinajstić information content (AvgIpc) is 2.37. The minimum absolute atomic E-state index is 0.981. The Balaban J connectivity index is 2.27. The molecule has 3 heteroatoms. The molecular formula is C8H12BrNS. The summed E-state index contributed by atoms with van der Waals surface area (Å²) in [5.41, 5.74) is 0. The van der Waals surface area contributed by atoms with Crippen molar-refractivity contribution in [3.8, 4) is 0 Å². The zero-order valence-electron chi connectivity index (χ0n) is 6.64. The summed E-state index contributed by atoms with van der Waals surface area (Å²) < 4.78 is 0.981. The van der Waals surface area contributed by atoms with E-state index in [1.807, 2.05) is 5.38 Å². The van der Waals surface area contributed by atoms with Gasteiger partial charge in [-0.3, -0.25) is 0 Å². The van der Waals surface area contributed by atoms with E-state index in [0.29, 0.717) is 0 Å². The van der Waals surface area contributed by atoms with Gasteiger partial charge in [-0.15, -0.1) is 11.3 Å². The molecule has 0 aliphatic heterocycles. The smallest absolute Gasteiger partial charge is 0.117 e. The molecule has 1 rings (SSSR count). The van der Waals surface area contributed by atoms with Crippen molar-refractivity contribution in [2.45, 2.75) is 32.6 Å². The lowest BCUT2D eigenvalue weighted by Crippen LogP contribution is -1.82. The molecule has 0 atom stereocenters. The monoisotopic (exact) mass is 233 g/mol. The number of hydrogen-bond donors (Lipinski definition) is 0. The molecule has 1 aromatic rings. The first kappa shape index (κ1) is 9.20. The second kappa shape index (κ2) is 4.88. The van der Waals surface area contributed by atoms with E-state index in [1.54, 1.807) is 11.3 Å². The standard InChI is InChI=1S/C8H12BrNS/c1-2-3-4-5-8-10-7(9)6-11-8/h6H,2-5H2,1H3. The molecule has 0 saturated carbocycles. The summed E-state index contributed by atoms with van der Waals surface area (Å²) in [5.74, 6) is 0. The summed E-state index contributed by atoms with van der Waals surface area (Å²) in [6.45, 7) is 2.22. The van der Waals surface area contributed by atoms with Crippen LogP contribution in [0.15, 0.2) is 9.98 Å². The Morgan fingerprint density at radius 2 is 2.36 bits per heavy atom. The van der Waals surface area contributed by atoms with E-state index in [4.69, 9.17) is 0 Å². The van der Waals surface area contributed by atoms with Gasteiger partial charge < -0.3 is 0 Å². The number of unbranched alkanes of at least 4 members (excludes halogenated alkanes) is 2. The average molecular weight is 234 g/mol. The molecule has 0 aliphatic rings. The number of hydrogen-bond acceptors (Lipinski definition) is 2. The molecule has 62 valence electrons. The minimum Gasteiger partial charge on any atom is -0.234 e. The van der Waals surface area contributed by atoms with Crippen molar-refractivity contribution in [2.75, 3.05) is 0 Å². The van der Waals surface area contributed by atoms with E-state index >= 15 is 0 Å². The van der Waals surface area contributed by atoms with Gasteiger partial charge in [0.15, 0.2) is 0 Å². The van der Waals surface area contributed by atoms with Gasteiger partial charge in [0.05, 0.1) is 5.01 Å². The van der Waals surface area contributed by atoms with Gasteiger partial charge in [0, 0.05) is 5.38 Å². The molecule has 11 heavy (non-hydrogen) atoms. The van der Waals surface area contributed by atoms with Crippen molar-refractivity contribution in [1.82, 2.24) is 4.98 Å².